The van der Waals surface area contributed by atoms with Crippen LogP contribution in [0.25, 0.3) is 0 Å². The minimum absolute atomic E-state index is 0.149. The van der Waals surface area contributed by atoms with Gasteiger partial charge in [0.25, 0.3) is 0 Å². The fourth-order valence-corrected chi connectivity index (χ4v) is 4.86. The van der Waals surface area contributed by atoms with E-state index in [0.29, 0.717) is 17.9 Å². The minimum Gasteiger partial charge on any atom is -0.493 e. The summed E-state index contributed by atoms with van der Waals surface area (Å²) in [7, 11) is -1.02. The number of aryl methyl sites for hydroxylation is 2. The number of alkyl halides is 3. The molecule has 186 valence electrons. The number of aliphatic hydroxyl groups excluding tert-OH is 1. The van der Waals surface area contributed by atoms with E-state index in [1.807, 2.05) is 12.1 Å². The van der Waals surface area contributed by atoms with Crippen molar-refractivity contribution >= 4 is 8.69 Å². The molecule has 0 aliphatic heterocycles. The lowest BCUT2D eigenvalue weighted by Crippen LogP contribution is -2.47. The molecule has 0 bridgehead atoms. The molecular weight excluding hydrogens is 466 g/mol. The summed E-state index contributed by atoms with van der Waals surface area (Å²) >= 11 is 0. The van der Waals surface area contributed by atoms with Crippen molar-refractivity contribution in [3.8, 4) is 5.75 Å². The second-order valence-electron chi connectivity index (χ2n) is 9.00. The van der Waals surface area contributed by atoms with E-state index in [9.17, 15) is 22.8 Å². The maximum atomic E-state index is 13.7. The van der Waals surface area contributed by atoms with E-state index in [-0.39, 0.29) is 31.8 Å². The zero-order valence-electron chi connectivity index (χ0n) is 19.1. The quantitative estimate of drug-likeness (QED) is 0.296. The van der Waals surface area contributed by atoms with Gasteiger partial charge < -0.3 is 15.6 Å². The molecule has 9 heteroatoms. The summed E-state index contributed by atoms with van der Waals surface area (Å²) in [5.74, 6) is 0.240. The Kier molecular flexibility index (Phi) is 9.48. The number of hydrogen-bond acceptors (Lipinski definition) is 5. The van der Waals surface area contributed by atoms with Gasteiger partial charge in [-0.05, 0) is 84.3 Å². The summed E-state index contributed by atoms with van der Waals surface area (Å²) < 4.78 is 62.0. The third-order valence-electron chi connectivity index (χ3n) is 6.44. The van der Waals surface area contributed by atoms with E-state index < -0.39 is 32.6 Å². The average Bonchev–Trinajstić information content (AvgIpc) is 2.84. The zero-order valence-corrected chi connectivity index (χ0v) is 20.1. The predicted octanol–water partition coefficient (Wildman–Crippen LogP) is 5.56. The van der Waals surface area contributed by atoms with Crippen molar-refractivity contribution in [1.29, 1.82) is 0 Å². The molecule has 0 saturated carbocycles. The van der Waals surface area contributed by atoms with Crippen LogP contribution in [0.2, 0.25) is 0 Å². The van der Waals surface area contributed by atoms with Crippen LogP contribution in [-0.2, 0) is 28.1 Å². The van der Waals surface area contributed by atoms with Gasteiger partial charge in [-0.15, -0.1) is 4.52 Å². The Balaban J connectivity index is 1.59. The van der Waals surface area contributed by atoms with E-state index in [4.69, 9.17) is 15.0 Å². The highest BCUT2D eigenvalue weighted by Crippen LogP contribution is 2.38. The van der Waals surface area contributed by atoms with Gasteiger partial charge >= 0.3 is 14.9 Å². The second kappa shape index (κ2) is 12.1. The molecule has 3 N–H and O–H groups in total. The number of ether oxygens (including phenoxy) is 1. The zero-order chi connectivity index (χ0) is 24.6. The van der Waals surface area contributed by atoms with Crippen LogP contribution in [0.4, 0.5) is 13.2 Å². The molecule has 0 aromatic heterocycles. The molecule has 3 atom stereocenters. The number of fused-ring (bicyclic) bond motifs is 1. The number of hydrogen-bond donors (Lipinski definition) is 2. The molecule has 1 aliphatic carbocycles. The number of aliphatic hydroxyl groups is 1. The average molecular weight is 499 g/mol. The Hall–Kier alpha value is -1.99. The van der Waals surface area contributed by atoms with Crippen LogP contribution in [0.3, 0.4) is 0 Å². The van der Waals surface area contributed by atoms with Gasteiger partial charge in [0, 0.05) is 0 Å². The molecule has 2 aromatic rings. The van der Waals surface area contributed by atoms with Gasteiger partial charge in [-0.2, -0.15) is 13.2 Å². The number of rotatable bonds is 12. The molecule has 0 saturated heterocycles. The van der Waals surface area contributed by atoms with Crippen molar-refractivity contribution in [3.05, 3.63) is 64.7 Å². The third-order valence-corrected chi connectivity index (χ3v) is 6.70. The van der Waals surface area contributed by atoms with E-state index in [1.54, 1.807) is 6.07 Å². The highest BCUT2D eigenvalue weighted by molar-refractivity contribution is 7.17. The van der Waals surface area contributed by atoms with Crippen molar-refractivity contribution in [2.45, 2.75) is 62.6 Å². The molecule has 34 heavy (non-hydrogen) atoms. The standard InChI is InChI=1S/C25H32F3NO4P/c26-25(27,28)22-15-18(12-13-24(29,16-30)17-33-34-31)10-11-23(22)32-14-4-8-20-7-3-6-19-5-1-2-9-21(19)20/h1-2,5,9-11,15,20,30,34H,3-4,6-8,12-14,16-17,29H2/q+1. The normalized spacial score (nSPS) is 17.9. The van der Waals surface area contributed by atoms with Gasteiger partial charge in [-0.1, -0.05) is 30.3 Å². The molecule has 0 heterocycles. The van der Waals surface area contributed by atoms with Crippen LogP contribution in [0, 0.1) is 0 Å². The summed E-state index contributed by atoms with van der Waals surface area (Å²) in [5, 5.41) is 9.48. The van der Waals surface area contributed by atoms with E-state index in [1.165, 1.54) is 17.2 Å². The summed E-state index contributed by atoms with van der Waals surface area (Å²) in [5.41, 5.74) is 7.15. The van der Waals surface area contributed by atoms with Crippen LogP contribution in [0.5, 0.6) is 5.75 Å². The first-order valence-electron chi connectivity index (χ1n) is 11.5. The monoisotopic (exact) mass is 498 g/mol. The predicted molar refractivity (Wildman–Crippen MR) is 126 cm³/mol. The van der Waals surface area contributed by atoms with Crippen LogP contribution < -0.4 is 10.5 Å². The molecular formula is C25H32F3NO4P+. The largest absolute Gasteiger partial charge is 0.494 e. The van der Waals surface area contributed by atoms with E-state index in [2.05, 4.69) is 12.1 Å². The maximum Gasteiger partial charge on any atom is 0.494 e. The minimum atomic E-state index is -4.56. The first kappa shape index (κ1) is 26.6. The first-order valence-corrected chi connectivity index (χ1v) is 12.4. The lowest BCUT2D eigenvalue weighted by Gasteiger charge is -2.25. The molecule has 2 aromatic carbocycles. The number of halogens is 3. The Morgan fingerprint density at radius 3 is 2.71 bits per heavy atom. The summed E-state index contributed by atoms with van der Waals surface area (Å²) in [6.45, 7) is -0.370. The van der Waals surface area contributed by atoms with Gasteiger partial charge in [0.15, 0.2) is 0 Å². The van der Waals surface area contributed by atoms with Gasteiger partial charge in [0.1, 0.15) is 12.4 Å². The van der Waals surface area contributed by atoms with E-state index >= 15 is 0 Å². The van der Waals surface area contributed by atoms with Crippen LogP contribution in [0.15, 0.2) is 42.5 Å². The fraction of sp³-hybridized carbons (Fsp3) is 0.520. The SMILES string of the molecule is NC(CO)(CCc1ccc(OCCCC2CCCc3ccccc32)c(C(F)(F)F)c1)CO[PH+]=O. The molecule has 3 unspecified atom stereocenters. The summed E-state index contributed by atoms with van der Waals surface area (Å²) in [6, 6.07) is 12.4. The third kappa shape index (κ3) is 7.25. The second-order valence-corrected chi connectivity index (χ2v) is 9.45. The van der Waals surface area contributed by atoms with Crippen LogP contribution in [-0.4, -0.2) is 30.5 Å². The first-order chi connectivity index (χ1) is 16.3. The van der Waals surface area contributed by atoms with Crippen molar-refractivity contribution in [1.82, 2.24) is 0 Å². The smallest absolute Gasteiger partial charge is 0.493 e. The fourth-order valence-electron chi connectivity index (χ4n) is 4.51. The summed E-state index contributed by atoms with van der Waals surface area (Å²) in [4.78, 5) is 0. The Bertz CT molecular complexity index is 956. The Morgan fingerprint density at radius 1 is 1.18 bits per heavy atom. The summed E-state index contributed by atoms with van der Waals surface area (Å²) in [6.07, 6.45) is 0.674. The molecule has 0 amide bonds. The van der Waals surface area contributed by atoms with Gasteiger partial charge in [-0.3, -0.25) is 0 Å². The van der Waals surface area contributed by atoms with Crippen molar-refractivity contribution < 1.29 is 32.1 Å². The number of nitrogens with two attached hydrogens (primary N) is 1. The lowest BCUT2D eigenvalue weighted by atomic mass is 9.80. The van der Waals surface area contributed by atoms with Gasteiger partial charge in [0.05, 0.1) is 24.3 Å². The molecule has 3 rings (SSSR count). The Morgan fingerprint density at radius 2 is 1.97 bits per heavy atom. The van der Waals surface area contributed by atoms with Gasteiger partial charge in [0.2, 0.25) is 0 Å². The van der Waals surface area contributed by atoms with Gasteiger partial charge in [-0.25, -0.2) is 0 Å². The topological polar surface area (TPSA) is 81.8 Å². The van der Waals surface area contributed by atoms with Crippen LogP contribution >= 0.6 is 8.69 Å². The molecule has 5 nitrogen and oxygen atoms in total. The van der Waals surface area contributed by atoms with Crippen molar-refractivity contribution in [2.24, 2.45) is 5.73 Å². The highest BCUT2D eigenvalue weighted by Gasteiger charge is 2.35. The highest BCUT2D eigenvalue weighted by atomic mass is 31.1. The number of benzene rings is 2. The molecule has 0 spiro atoms. The molecule has 0 fully saturated rings. The Labute approximate surface area is 199 Å². The maximum absolute atomic E-state index is 13.7. The molecule has 0 radical (unpaired) electrons. The van der Waals surface area contributed by atoms with Crippen molar-refractivity contribution in [3.63, 3.8) is 0 Å². The van der Waals surface area contributed by atoms with Crippen LogP contribution in [0.1, 0.15) is 60.3 Å². The lowest BCUT2D eigenvalue weighted by molar-refractivity contribution is -0.139. The van der Waals surface area contributed by atoms with Crippen molar-refractivity contribution in [2.75, 3.05) is 19.8 Å². The molecule has 1 aliphatic rings. The van der Waals surface area contributed by atoms with E-state index in [0.717, 1.165) is 31.7 Å².